The van der Waals surface area contributed by atoms with Crippen LogP contribution in [0.5, 0.6) is 5.88 Å². The average Bonchev–Trinajstić information content (AvgIpc) is 3.49. The highest BCUT2D eigenvalue weighted by molar-refractivity contribution is 6.36. The Hall–Kier alpha value is -4.58. The van der Waals surface area contributed by atoms with Crippen molar-refractivity contribution >= 4 is 34.1 Å². The first kappa shape index (κ1) is 31.0. The zero-order valence-corrected chi connectivity index (χ0v) is 27.4. The molecule has 1 N–H and O–H groups in total. The van der Waals surface area contributed by atoms with Crippen molar-refractivity contribution in [3.8, 4) is 28.3 Å². The van der Waals surface area contributed by atoms with Crippen molar-refractivity contribution in [1.29, 1.82) is 0 Å². The van der Waals surface area contributed by atoms with Crippen LogP contribution >= 0.6 is 11.6 Å². The van der Waals surface area contributed by atoms with E-state index in [0.29, 0.717) is 23.3 Å². The second-order valence-electron chi connectivity index (χ2n) is 12.1. The van der Waals surface area contributed by atoms with Gasteiger partial charge in [-0.2, -0.15) is 0 Å². The summed E-state index contributed by atoms with van der Waals surface area (Å²) in [6, 6.07) is 13.8. The third-order valence-electron chi connectivity index (χ3n) is 9.14. The van der Waals surface area contributed by atoms with E-state index in [2.05, 4.69) is 21.4 Å². The molecule has 47 heavy (non-hydrogen) atoms. The quantitative estimate of drug-likeness (QED) is 0.254. The molecule has 0 saturated carbocycles. The third-order valence-corrected chi connectivity index (χ3v) is 9.55. The number of nitrogens with zero attached hydrogens (tertiary/aromatic N) is 5. The Bertz CT molecular complexity index is 2140. The molecular weight excluding hydrogens is 620 g/mol. The first-order valence-corrected chi connectivity index (χ1v) is 16.0. The van der Waals surface area contributed by atoms with E-state index in [0.717, 1.165) is 81.6 Å². The van der Waals surface area contributed by atoms with Gasteiger partial charge in [0.05, 0.1) is 36.6 Å². The predicted molar refractivity (Wildman–Crippen MR) is 181 cm³/mol. The van der Waals surface area contributed by atoms with Gasteiger partial charge >= 0.3 is 5.69 Å². The lowest BCUT2D eigenvalue weighted by Gasteiger charge is -2.25. The minimum absolute atomic E-state index is 0.0550. The summed E-state index contributed by atoms with van der Waals surface area (Å²) in [6.45, 7) is 3.42. The van der Waals surface area contributed by atoms with E-state index in [1.165, 1.54) is 17.9 Å². The summed E-state index contributed by atoms with van der Waals surface area (Å²) >= 11 is 7.18. The zero-order chi connectivity index (χ0) is 32.8. The Kier molecular flexibility index (Phi) is 8.29. The smallest absolute Gasteiger partial charge is 0.332 e. The van der Waals surface area contributed by atoms with Crippen molar-refractivity contribution in [3.05, 3.63) is 91.3 Å². The van der Waals surface area contributed by atoms with E-state index in [1.807, 2.05) is 43.3 Å². The fourth-order valence-electron chi connectivity index (χ4n) is 6.66. The molecule has 1 aliphatic carbocycles. The molecule has 1 aliphatic heterocycles. The molecule has 242 valence electrons. The Morgan fingerprint density at radius 1 is 1.00 bits per heavy atom. The number of anilines is 2. The van der Waals surface area contributed by atoms with Crippen LogP contribution in [-0.2, 0) is 36.4 Å². The third kappa shape index (κ3) is 5.58. The molecule has 2 atom stereocenters. The van der Waals surface area contributed by atoms with Gasteiger partial charge in [-0.25, -0.2) is 19.7 Å². The highest BCUT2D eigenvalue weighted by Crippen LogP contribution is 2.41. The predicted octanol–water partition coefficient (Wildman–Crippen LogP) is 5.13. The summed E-state index contributed by atoms with van der Waals surface area (Å²) in [4.78, 5) is 39.0. The van der Waals surface area contributed by atoms with Gasteiger partial charge in [0.15, 0.2) is 5.65 Å². The summed E-state index contributed by atoms with van der Waals surface area (Å²) in [5.74, 6) is 0.895. The number of aryl methyl sites for hydroxylation is 1. The van der Waals surface area contributed by atoms with Crippen molar-refractivity contribution in [2.75, 3.05) is 25.6 Å². The summed E-state index contributed by atoms with van der Waals surface area (Å²) in [6.07, 6.45) is 5.07. The molecule has 0 spiro atoms. The number of nitrogens with one attached hydrogen (secondary N) is 1. The molecule has 2 aromatic carbocycles. The molecule has 0 radical (unpaired) electrons. The number of halogens is 1. The minimum Gasteiger partial charge on any atom is -0.481 e. The van der Waals surface area contributed by atoms with Gasteiger partial charge in [0.25, 0.3) is 5.56 Å². The van der Waals surface area contributed by atoms with Crippen LogP contribution < -0.4 is 21.3 Å². The minimum atomic E-state index is -0.478. The van der Waals surface area contributed by atoms with Crippen LogP contribution in [0.2, 0.25) is 5.02 Å². The largest absolute Gasteiger partial charge is 0.481 e. The molecule has 1 fully saturated rings. The van der Waals surface area contributed by atoms with Crippen LogP contribution in [0.4, 0.5) is 11.5 Å². The Morgan fingerprint density at radius 2 is 1.79 bits per heavy atom. The maximum absolute atomic E-state index is 13.1. The number of aromatic nitrogens is 5. The van der Waals surface area contributed by atoms with Crippen LogP contribution in [0.3, 0.4) is 0 Å². The van der Waals surface area contributed by atoms with Crippen molar-refractivity contribution in [2.45, 2.75) is 44.8 Å². The highest BCUT2D eigenvalue weighted by Gasteiger charge is 2.30. The van der Waals surface area contributed by atoms with E-state index >= 15 is 0 Å². The number of hydrogen-bond acceptors (Lipinski definition) is 9. The maximum atomic E-state index is 13.1. The molecule has 2 aliphatic rings. The normalized spacial score (nSPS) is 17.6. The van der Waals surface area contributed by atoms with Gasteiger partial charge in [-0.05, 0) is 55.0 Å². The Labute approximate surface area is 276 Å². The molecule has 1 saturated heterocycles. The van der Waals surface area contributed by atoms with Crippen molar-refractivity contribution in [2.24, 2.45) is 14.1 Å². The highest BCUT2D eigenvalue weighted by atomic mass is 35.5. The number of hydrogen-bond donors (Lipinski definition) is 1. The molecule has 7 rings (SSSR count). The summed E-state index contributed by atoms with van der Waals surface area (Å²) in [5, 5.41) is 4.09. The maximum Gasteiger partial charge on any atom is 0.332 e. The molecule has 4 heterocycles. The summed E-state index contributed by atoms with van der Waals surface area (Å²) in [5.41, 5.74) is 6.41. The molecule has 1 unspecified atom stereocenters. The van der Waals surface area contributed by atoms with Crippen LogP contribution in [0.25, 0.3) is 33.4 Å². The van der Waals surface area contributed by atoms with E-state index in [1.54, 1.807) is 14.2 Å². The SMILES string of the molecule is COc1nc(-c2cccc(-c3cccc(Nc4ncnc5c4c(=O)n(C)c(=O)n5C)c3C)c2Cl)cc2c1CC(O[C@H]1CCCOC1)C2. The van der Waals surface area contributed by atoms with Gasteiger partial charge in [-0.1, -0.05) is 41.9 Å². The van der Waals surface area contributed by atoms with Crippen molar-refractivity contribution in [1.82, 2.24) is 24.1 Å². The van der Waals surface area contributed by atoms with Gasteiger partial charge in [-0.15, -0.1) is 0 Å². The lowest BCUT2D eigenvalue weighted by molar-refractivity contribution is -0.0803. The average molecular weight is 655 g/mol. The molecule has 0 amide bonds. The van der Waals surface area contributed by atoms with Gasteiger partial charge < -0.3 is 19.5 Å². The summed E-state index contributed by atoms with van der Waals surface area (Å²) in [7, 11) is 4.66. The van der Waals surface area contributed by atoms with Gasteiger partial charge in [0, 0.05) is 49.5 Å². The lowest BCUT2D eigenvalue weighted by Crippen LogP contribution is -2.37. The lowest BCUT2D eigenvalue weighted by atomic mass is 9.96. The second kappa shape index (κ2) is 12.6. The van der Waals surface area contributed by atoms with Gasteiger partial charge in [-0.3, -0.25) is 13.9 Å². The van der Waals surface area contributed by atoms with Crippen molar-refractivity contribution in [3.63, 3.8) is 0 Å². The van der Waals surface area contributed by atoms with E-state index in [9.17, 15) is 9.59 Å². The zero-order valence-electron chi connectivity index (χ0n) is 26.7. The topological polar surface area (TPSA) is 122 Å². The van der Waals surface area contributed by atoms with Crippen LogP contribution in [0.15, 0.2) is 58.4 Å². The number of methoxy groups -OCH3 is 1. The Morgan fingerprint density at radius 3 is 2.57 bits per heavy atom. The van der Waals surface area contributed by atoms with E-state index in [4.69, 9.17) is 30.8 Å². The summed E-state index contributed by atoms with van der Waals surface area (Å²) < 4.78 is 20.2. The van der Waals surface area contributed by atoms with Crippen LogP contribution in [-0.4, -0.2) is 56.6 Å². The number of pyridine rings is 1. The molecule has 0 bridgehead atoms. The van der Waals surface area contributed by atoms with Gasteiger partial charge in [0.2, 0.25) is 5.88 Å². The van der Waals surface area contributed by atoms with Gasteiger partial charge in [0.1, 0.15) is 17.5 Å². The molecule has 5 aromatic rings. The second-order valence-corrected chi connectivity index (χ2v) is 12.4. The number of benzene rings is 2. The van der Waals surface area contributed by atoms with Crippen molar-refractivity contribution < 1.29 is 14.2 Å². The van der Waals surface area contributed by atoms with E-state index in [-0.39, 0.29) is 23.2 Å². The standard InChI is InChI=1S/C35H35ClN6O5/c1-19-23(9-6-12-27(19)39-31-29-32(38-18-37-31)41(2)35(44)42(3)34(29)43)24-10-5-11-25(30(24)36)28-15-20-14-22(16-26(20)33(40-28)45-4)47-21-8-7-13-46-17-21/h5-6,9-12,15,18,21-22H,7-8,13-14,16-17H2,1-4H3,(H,37,38,39)/t21-,22?/m0/s1. The molecule has 3 aromatic heterocycles. The fourth-order valence-corrected chi connectivity index (χ4v) is 6.98. The first-order valence-electron chi connectivity index (χ1n) is 15.6. The number of fused-ring (bicyclic) bond motifs is 2. The van der Waals surface area contributed by atoms with Crippen LogP contribution in [0, 0.1) is 6.92 Å². The van der Waals surface area contributed by atoms with Crippen LogP contribution in [0.1, 0.15) is 29.5 Å². The number of ether oxygens (including phenoxy) is 3. The first-order chi connectivity index (χ1) is 22.7. The molecule has 12 heteroatoms. The monoisotopic (exact) mass is 654 g/mol. The molecule has 11 nitrogen and oxygen atoms in total. The fraction of sp³-hybridized carbons (Fsp3) is 0.343. The van der Waals surface area contributed by atoms with E-state index < -0.39 is 11.2 Å². The Balaban J connectivity index is 1.22. The number of rotatable bonds is 7. The molecular formula is C35H35ClN6O5.